The molecule has 2 N–H and O–H groups in total. The van der Waals surface area contributed by atoms with Crippen molar-refractivity contribution in [2.24, 2.45) is 0 Å². The number of anilines is 2. The Morgan fingerprint density at radius 1 is 0.889 bits per heavy atom. The molecule has 0 fully saturated rings. The summed E-state index contributed by atoms with van der Waals surface area (Å²) in [6.45, 7) is 1.93. The van der Waals surface area contributed by atoms with Gasteiger partial charge in [-0.05, 0) is 55.5 Å². The van der Waals surface area contributed by atoms with Crippen molar-refractivity contribution < 1.29 is 18.4 Å². The number of hydrogen-bond acceptors (Lipinski definition) is 5. The van der Waals surface area contributed by atoms with Crippen molar-refractivity contribution in [3.63, 3.8) is 0 Å². The molecule has 5 rings (SSSR count). The number of furan rings is 1. The van der Waals surface area contributed by atoms with Gasteiger partial charge >= 0.3 is 0 Å². The lowest BCUT2D eigenvalue weighted by atomic mass is 10.2. The van der Waals surface area contributed by atoms with Gasteiger partial charge in [0.15, 0.2) is 5.69 Å². The first kappa shape index (κ1) is 22.7. The SMILES string of the molecule is Cc1ccc(NC(=O)c2oc3ccccc3c2NC(=O)c2nn(-c3ccc(F)cc3)ccc2=O)cc1. The summed E-state index contributed by atoms with van der Waals surface area (Å²) in [5, 5.41) is 9.98. The zero-order valence-electron chi connectivity index (χ0n) is 19.0. The molecular weight excluding hydrogens is 463 g/mol. The van der Waals surface area contributed by atoms with Gasteiger partial charge in [-0.2, -0.15) is 5.10 Å². The number of carbonyl (C=O) groups is 2. The number of nitrogens with one attached hydrogen (secondary N) is 2. The zero-order valence-corrected chi connectivity index (χ0v) is 19.0. The lowest BCUT2D eigenvalue weighted by molar-refractivity contribution is 0.0999. The van der Waals surface area contributed by atoms with E-state index in [0.717, 1.165) is 5.56 Å². The lowest BCUT2D eigenvalue weighted by Crippen LogP contribution is -2.26. The largest absolute Gasteiger partial charge is 0.449 e. The topological polar surface area (TPSA) is 106 Å². The van der Waals surface area contributed by atoms with Gasteiger partial charge < -0.3 is 15.1 Å². The minimum Gasteiger partial charge on any atom is -0.449 e. The predicted octanol–water partition coefficient (Wildman–Crippen LogP) is 4.93. The third kappa shape index (κ3) is 4.49. The predicted molar refractivity (Wildman–Crippen MR) is 133 cm³/mol. The van der Waals surface area contributed by atoms with Gasteiger partial charge in [-0.15, -0.1) is 0 Å². The van der Waals surface area contributed by atoms with Crippen molar-refractivity contribution in [2.45, 2.75) is 6.92 Å². The van der Waals surface area contributed by atoms with Crippen LogP contribution in [0, 0.1) is 12.7 Å². The van der Waals surface area contributed by atoms with E-state index in [1.54, 1.807) is 36.4 Å². The molecule has 0 spiro atoms. The van der Waals surface area contributed by atoms with Crippen LogP contribution in [0.1, 0.15) is 26.6 Å². The van der Waals surface area contributed by atoms with E-state index in [-0.39, 0.29) is 11.4 Å². The smallest absolute Gasteiger partial charge is 0.293 e. The summed E-state index contributed by atoms with van der Waals surface area (Å²) in [5.74, 6) is -1.96. The number of aromatic nitrogens is 2. The molecule has 8 nitrogen and oxygen atoms in total. The zero-order chi connectivity index (χ0) is 25.2. The summed E-state index contributed by atoms with van der Waals surface area (Å²) in [6, 6.07) is 20.6. The van der Waals surface area contributed by atoms with Crippen LogP contribution in [0.25, 0.3) is 16.7 Å². The minimum atomic E-state index is -0.826. The summed E-state index contributed by atoms with van der Waals surface area (Å²) in [5.41, 5.74) is 1.51. The highest BCUT2D eigenvalue weighted by molar-refractivity contribution is 6.16. The Bertz CT molecular complexity index is 1650. The highest BCUT2D eigenvalue weighted by Gasteiger charge is 2.24. The fraction of sp³-hybridized carbons (Fsp3) is 0.0370. The van der Waals surface area contributed by atoms with E-state index in [1.165, 1.54) is 41.2 Å². The van der Waals surface area contributed by atoms with Crippen LogP contribution in [-0.2, 0) is 0 Å². The van der Waals surface area contributed by atoms with E-state index in [1.807, 2.05) is 19.1 Å². The number of fused-ring (bicyclic) bond motifs is 1. The van der Waals surface area contributed by atoms with Gasteiger partial charge in [0.25, 0.3) is 11.8 Å². The summed E-state index contributed by atoms with van der Waals surface area (Å²) < 4.78 is 20.3. The van der Waals surface area contributed by atoms with Gasteiger partial charge in [-0.1, -0.05) is 29.8 Å². The Labute approximate surface area is 204 Å². The number of para-hydroxylation sites is 1. The van der Waals surface area contributed by atoms with E-state index in [9.17, 15) is 18.8 Å². The number of nitrogens with zero attached hydrogens (tertiary/aromatic N) is 2. The highest BCUT2D eigenvalue weighted by Crippen LogP contribution is 2.31. The molecule has 2 amide bonds. The second kappa shape index (κ2) is 9.30. The molecule has 9 heteroatoms. The van der Waals surface area contributed by atoms with Crippen molar-refractivity contribution in [2.75, 3.05) is 10.6 Å². The molecule has 3 aromatic carbocycles. The molecule has 0 saturated carbocycles. The number of benzene rings is 3. The number of rotatable bonds is 5. The van der Waals surface area contributed by atoms with Crippen LogP contribution < -0.4 is 16.1 Å². The van der Waals surface area contributed by atoms with Crippen LogP contribution in [0.15, 0.2) is 94.3 Å². The Kier molecular flexibility index (Phi) is 5.87. The molecule has 36 heavy (non-hydrogen) atoms. The second-order valence-electron chi connectivity index (χ2n) is 8.03. The highest BCUT2D eigenvalue weighted by atomic mass is 19.1. The summed E-state index contributed by atoms with van der Waals surface area (Å²) in [6.07, 6.45) is 1.38. The van der Waals surface area contributed by atoms with Crippen molar-refractivity contribution in [3.8, 4) is 5.69 Å². The fourth-order valence-corrected chi connectivity index (χ4v) is 3.63. The van der Waals surface area contributed by atoms with Crippen LogP contribution >= 0.6 is 0 Å². The van der Waals surface area contributed by atoms with Crippen molar-refractivity contribution in [3.05, 3.63) is 118 Å². The summed E-state index contributed by atoms with van der Waals surface area (Å²) >= 11 is 0. The van der Waals surface area contributed by atoms with Crippen molar-refractivity contribution in [1.82, 2.24) is 9.78 Å². The standard InChI is InChI=1S/C27H19FN4O4/c1-16-6-10-18(11-7-16)29-27(35)25-23(20-4-2-3-5-22(20)36-25)30-26(34)24-21(33)14-15-32(31-24)19-12-8-17(28)9-13-19/h2-15H,1H3,(H,29,35)(H,30,34). The monoisotopic (exact) mass is 482 g/mol. The first-order chi connectivity index (χ1) is 17.4. The average Bonchev–Trinajstić information content (AvgIpc) is 3.24. The normalized spacial score (nSPS) is 10.8. The number of amides is 2. The molecular formula is C27H19FN4O4. The molecule has 0 aliphatic rings. The molecule has 0 aliphatic carbocycles. The first-order valence-corrected chi connectivity index (χ1v) is 11.0. The van der Waals surface area contributed by atoms with E-state index in [2.05, 4.69) is 15.7 Å². The van der Waals surface area contributed by atoms with Crippen LogP contribution in [-0.4, -0.2) is 21.6 Å². The summed E-state index contributed by atoms with van der Waals surface area (Å²) in [7, 11) is 0. The molecule has 0 bridgehead atoms. The second-order valence-corrected chi connectivity index (χ2v) is 8.03. The molecule has 0 saturated heterocycles. The van der Waals surface area contributed by atoms with Gasteiger partial charge in [0.2, 0.25) is 11.2 Å². The molecule has 5 aromatic rings. The maximum Gasteiger partial charge on any atom is 0.293 e. The van der Waals surface area contributed by atoms with Crippen LogP contribution in [0.3, 0.4) is 0 Å². The molecule has 0 atom stereocenters. The molecule has 178 valence electrons. The Balaban J connectivity index is 1.50. The molecule has 2 aromatic heterocycles. The van der Waals surface area contributed by atoms with Gasteiger partial charge in [-0.3, -0.25) is 14.4 Å². The lowest BCUT2D eigenvalue weighted by Gasteiger charge is -2.09. The number of halogens is 1. The van der Waals surface area contributed by atoms with Gasteiger partial charge in [0, 0.05) is 23.3 Å². The van der Waals surface area contributed by atoms with Gasteiger partial charge in [-0.25, -0.2) is 9.07 Å². The third-order valence-corrected chi connectivity index (χ3v) is 5.46. The van der Waals surface area contributed by atoms with E-state index >= 15 is 0 Å². The molecule has 0 unspecified atom stereocenters. The molecule has 2 heterocycles. The molecule has 0 radical (unpaired) electrons. The Morgan fingerprint density at radius 3 is 2.36 bits per heavy atom. The minimum absolute atomic E-state index is 0.110. The van der Waals surface area contributed by atoms with Gasteiger partial charge in [0.05, 0.1) is 5.69 Å². The fourth-order valence-electron chi connectivity index (χ4n) is 3.63. The van der Waals surface area contributed by atoms with Crippen LogP contribution in [0.4, 0.5) is 15.8 Å². The average molecular weight is 482 g/mol. The van der Waals surface area contributed by atoms with E-state index < -0.39 is 28.8 Å². The number of carbonyl (C=O) groups excluding carboxylic acids is 2. The van der Waals surface area contributed by atoms with Crippen LogP contribution in [0.5, 0.6) is 0 Å². The maximum absolute atomic E-state index is 13.3. The quantitative estimate of drug-likeness (QED) is 0.369. The van der Waals surface area contributed by atoms with Gasteiger partial charge in [0.1, 0.15) is 17.1 Å². The van der Waals surface area contributed by atoms with Crippen molar-refractivity contribution >= 4 is 34.2 Å². The van der Waals surface area contributed by atoms with E-state index in [0.29, 0.717) is 22.3 Å². The third-order valence-electron chi connectivity index (χ3n) is 5.46. The Morgan fingerprint density at radius 2 is 1.61 bits per heavy atom. The maximum atomic E-state index is 13.3. The van der Waals surface area contributed by atoms with Crippen LogP contribution in [0.2, 0.25) is 0 Å². The number of aryl methyl sites for hydroxylation is 1. The number of hydrogen-bond donors (Lipinski definition) is 2. The van der Waals surface area contributed by atoms with E-state index in [4.69, 9.17) is 4.42 Å². The first-order valence-electron chi connectivity index (χ1n) is 11.0. The Hall–Kier alpha value is -5.05. The van der Waals surface area contributed by atoms with Crippen molar-refractivity contribution in [1.29, 1.82) is 0 Å². The summed E-state index contributed by atoms with van der Waals surface area (Å²) in [4.78, 5) is 38.7. The molecule has 0 aliphatic heterocycles.